The van der Waals surface area contributed by atoms with Crippen LogP contribution in [0.1, 0.15) is 20.8 Å². The zero-order chi connectivity index (χ0) is 9.84. The van der Waals surface area contributed by atoms with Gasteiger partial charge >= 0.3 is 0 Å². The van der Waals surface area contributed by atoms with Gasteiger partial charge in [0, 0.05) is 25.2 Å². The predicted molar refractivity (Wildman–Crippen MR) is 53.5 cm³/mol. The van der Waals surface area contributed by atoms with Gasteiger partial charge in [0.15, 0.2) is 0 Å². The summed E-state index contributed by atoms with van der Waals surface area (Å²) in [4.78, 5) is 13.5. The second-order valence-corrected chi connectivity index (χ2v) is 3.65. The van der Waals surface area contributed by atoms with Crippen LogP contribution in [0.15, 0.2) is 12.2 Å². The van der Waals surface area contributed by atoms with Crippen LogP contribution in [-0.4, -0.2) is 36.0 Å². The summed E-state index contributed by atoms with van der Waals surface area (Å²) in [6.07, 6.45) is 3.43. The molecule has 1 rings (SSSR count). The predicted octanol–water partition coefficient (Wildman–Crippen LogP) is 0.771. The summed E-state index contributed by atoms with van der Waals surface area (Å²) in [6, 6.07) is 0.713. The van der Waals surface area contributed by atoms with Crippen molar-refractivity contribution in [1.82, 2.24) is 10.2 Å². The molecule has 0 radical (unpaired) electrons. The molecule has 0 aromatic rings. The van der Waals surface area contributed by atoms with Gasteiger partial charge in [0.1, 0.15) is 0 Å². The Morgan fingerprint density at radius 3 is 2.85 bits per heavy atom. The number of allylic oxidation sites excluding steroid dienone is 1. The van der Waals surface area contributed by atoms with Crippen molar-refractivity contribution in [3.8, 4) is 0 Å². The average molecular weight is 182 g/mol. The van der Waals surface area contributed by atoms with E-state index < -0.39 is 0 Å². The molecule has 1 heterocycles. The second-order valence-electron chi connectivity index (χ2n) is 3.65. The molecular weight excluding hydrogens is 164 g/mol. The van der Waals surface area contributed by atoms with Crippen LogP contribution in [0.4, 0.5) is 0 Å². The number of nitrogens with zero attached hydrogens (tertiary/aromatic N) is 1. The lowest BCUT2D eigenvalue weighted by Crippen LogP contribution is -2.55. The molecule has 2 atom stereocenters. The molecule has 0 aromatic carbocycles. The summed E-state index contributed by atoms with van der Waals surface area (Å²) >= 11 is 0. The van der Waals surface area contributed by atoms with Crippen molar-refractivity contribution in [2.24, 2.45) is 0 Å². The van der Waals surface area contributed by atoms with Gasteiger partial charge in [0.05, 0.1) is 0 Å². The Bertz CT molecular complexity index is 213. The molecule has 1 saturated heterocycles. The van der Waals surface area contributed by atoms with E-state index >= 15 is 0 Å². The molecule has 0 aliphatic carbocycles. The average Bonchev–Trinajstić information content (AvgIpc) is 2.09. The summed E-state index contributed by atoms with van der Waals surface area (Å²) < 4.78 is 0. The molecule has 0 spiro atoms. The van der Waals surface area contributed by atoms with Crippen molar-refractivity contribution in [1.29, 1.82) is 0 Å². The Morgan fingerprint density at radius 1 is 1.54 bits per heavy atom. The highest BCUT2D eigenvalue weighted by atomic mass is 16.2. The Labute approximate surface area is 79.8 Å². The minimum Gasteiger partial charge on any atom is -0.334 e. The topological polar surface area (TPSA) is 32.3 Å². The van der Waals surface area contributed by atoms with Crippen LogP contribution in [0.25, 0.3) is 0 Å². The number of carbonyl (C=O) groups is 1. The smallest absolute Gasteiger partial charge is 0.246 e. The van der Waals surface area contributed by atoms with E-state index in [1.54, 1.807) is 12.2 Å². The van der Waals surface area contributed by atoms with Gasteiger partial charge in [-0.3, -0.25) is 4.79 Å². The van der Waals surface area contributed by atoms with Gasteiger partial charge in [-0.1, -0.05) is 6.08 Å². The van der Waals surface area contributed by atoms with E-state index in [-0.39, 0.29) is 5.91 Å². The fraction of sp³-hybridized carbons (Fsp3) is 0.700. The summed E-state index contributed by atoms with van der Waals surface area (Å²) in [5.74, 6) is 0.128. The molecule has 13 heavy (non-hydrogen) atoms. The van der Waals surface area contributed by atoms with Crippen molar-refractivity contribution >= 4 is 5.91 Å². The molecule has 2 unspecified atom stereocenters. The third kappa shape index (κ3) is 2.56. The molecule has 3 heteroatoms. The van der Waals surface area contributed by atoms with Gasteiger partial charge in [-0.2, -0.15) is 0 Å². The van der Waals surface area contributed by atoms with Crippen LogP contribution in [0.2, 0.25) is 0 Å². The van der Waals surface area contributed by atoms with Crippen LogP contribution in [0, 0.1) is 0 Å². The molecular formula is C10H18N2O. The van der Waals surface area contributed by atoms with Crippen molar-refractivity contribution < 1.29 is 4.79 Å². The summed E-state index contributed by atoms with van der Waals surface area (Å²) in [6.45, 7) is 7.74. The lowest BCUT2D eigenvalue weighted by molar-refractivity contribution is -0.129. The van der Waals surface area contributed by atoms with Gasteiger partial charge in [-0.15, -0.1) is 0 Å². The molecule has 1 aliphatic heterocycles. The molecule has 0 aromatic heterocycles. The molecule has 0 bridgehead atoms. The standard InChI is InChI=1S/C10H18N2O/c1-4-5-10(13)12-7-8(2)11-6-9(12)3/h4-5,8-9,11H,6-7H2,1-3H3/b5-4+. The van der Waals surface area contributed by atoms with Gasteiger partial charge in [-0.05, 0) is 26.8 Å². The minimum atomic E-state index is 0.128. The second kappa shape index (κ2) is 4.42. The van der Waals surface area contributed by atoms with Crippen molar-refractivity contribution in [2.45, 2.75) is 32.9 Å². The SMILES string of the molecule is C/C=C/C(=O)N1CC(C)NCC1C. The van der Waals surface area contributed by atoms with E-state index in [0.717, 1.165) is 13.1 Å². The number of amides is 1. The van der Waals surface area contributed by atoms with E-state index in [2.05, 4.69) is 19.2 Å². The number of nitrogens with one attached hydrogen (secondary N) is 1. The van der Waals surface area contributed by atoms with Gasteiger partial charge in [0.25, 0.3) is 0 Å². The van der Waals surface area contributed by atoms with Crippen LogP contribution < -0.4 is 5.32 Å². The van der Waals surface area contributed by atoms with Crippen LogP contribution in [0.3, 0.4) is 0 Å². The first-order valence-electron chi connectivity index (χ1n) is 4.81. The Kier molecular flexibility index (Phi) is 3.48. The zero-order valence-electron chi connectivity index (χ0n) is 8.58. The first-order valence-corrected chi connectivity index (χ1v) is 4.81. The normalized spacial score (nSPS) is 29.6. The number of hydrogen-bond acceptors (Lipinski definition) is 2. The number of hydrogen-bond donors (Lipinski definition) is 1. The van der Waals surface area contributed by atoms with E-state index in [1.165, 1.54) is 0 Å². The van der Waals surface area contributed by atoms with E-state index in [9.17, 15) is 4.79 Å². The quantitative estimate of drug-likeness (QED) is 0.608. The summed E-state index contributed by atoms with van der Waals surface area (Å²) in [5.41, 5.74) is 0. The largest absolute Gasteiger partial charge is 0.334 e. The highest BCUT2D eigenvalue weighted by Gasteiger charge is 2.24. The maximum Gasteiger partial charge on any atom is 0.246 e. The lowest BCUT2D eigenvalue weighted by Gasteiger charge is -2.36. The van der Waals surface area contributed by atoms with E-state index in [1.807, 2.05) is 11.8 Å². The number of carbonyl (C=O) groups excluding carboxylic acids is 1. The Hall–Kier alpha value is -0.830. The molecule has 1 aliphatic rings. The molecule has 1 N–H and O–H groups in total. The lowest BCUT2D eigenvalue weighted by atomic mass is 10.1. The van der Waals surface area contributed by atoms with Crippen molar-refractivity contribution in [3.63, 3.8) is 0 Å². The zero-order valence-corrected chi connectivity index (χ0v) is 8.58. The minimum absolute atomic E-state index is 0.128. The first-order chi connectivity index (χ1) is 6.15. The van der Waals surface area contributed by atoms with E-state index in [4.69, 9.17) is 0 Å². The van der Waals surface area contributed by atoms with E-state index in [0.29, 0.717) is 12.1 Å². The van der Waals surface area contributed by atoms with Crippen LogP contribution >= 0.6 is 0 Å². The maximum absolute atomic E-state index is 11.6. The number of piperazine rings is 1. The highest BCUT2D eigenvalue weighted by Crippen LogP contribution is 2.07. The summed E-state index contributed by atoms with van der Waals surface area (Å²) in [5, 5.41) is 3.34. The Morgan fingerprint density at radius 2 is 2.23 bits per heavy atom. The monoisotopic (exact) mass is 182 g/mol. The fourth-order valence-electron chi connectivity index (χ4n) is 1.57. The molecule has 74 valence electrons. The first kappa shape index (κ1) is 10.3. The third-order valence-electron chi connectivity index (χ3n) is 2.36. The molecule has 3 nitrogen and oxygen atoms in total. The van der Waals surface area contributed by atoms with Gasteiger partial charge in [-0.25, -0.2) is 0 Å². The molecule has 1 fully saturated rings. The number of rotatable bonds is 1. The fourth-order valence-corrected chi connectivity index (χ4v) is 1.57. The van der Waals surface area contributed by atoms with Crippen molar-refractivity contribution in [3.05, 3.63) is 12.2 Å². The molecule has 1 amide bonds. The summed E-state index contributed by atoms with van der Waals surface area (Å²) in [7, 11) is 0. The van der Waals surface area contributed by atoms with Gasteiger partial charge in [0.2, 0.25) is 5.91 Å². The van der Waals surface area contributed by atoms with Crippen LogP contribution in [0.5, 0.6) is 0 Å². The van der Waals surface area contributed by atoms with Crippen LogP contribution in [-0.2, 0) is 4.79 Å². The maximum atomic E-state index is 11.6. The molecule has 0 saturated carbocycles. The Balaban J connectivity index is 2.60. The van der Waals surface area contributed by atoms with Crippen molar-refractivity contribution in [2.75, 3.05) is 13.1 Å². The third-order valence-corrected chi connectivity index (χ3v) is 2.36. The van der Waals surface area contributed by atoms with Gasteiger partial charge < -0.3 is 10.2 Å². The highest BCUT2D eigenvalue weighted by molar-refractivity contribution is 5.87.